The first-order chi connectivity index (χ1) is 9.78. The summed E-state index contributed by atoms with van der Waals surface area (Å²) in [4.78, 5) is 0. The van der Waals surface area contributed by atoms with Crippen LogP contribution in [0.15, 0.2) is 54.1 Å². The summed E-state index contributed by atoms with van der Waals surface area (Å²) in [7, 11) is -1.06. The van der Waals surface area contributed by atoms with Crippen LogP contribution in [-0.4, -0.2) is 8.80 Å². The Hall–Kier alpha value is -1.08. The zero-order chi connectivity index (χ0) is 15.7. The lowest BCUT2D eigenvalue weighted by Crippen LogP contribution is -2.47. The number of hydrogen-bond acceptors (Lipinski definition) is 0. The van der Waals surface area contributed by atoms with Gasteiger partial charge in [0.1, 0.15) is 0 Å². The third-order valence-electron chi connectivity index (χ3n) is 6.18. The third-order valence-corrected chi connectivity index (χ3v) is 10.5. The molecule has 0 spiro atoms. The smallest absolute Gasteiger partial charge is 0.0739 e. The molecular formula is C20H29Si. The molecular weight excluding hydrogens is 268 g/mol. The SMILES string of the molecule is C[C](C1=CC=CC1)C(C)(C)C(C)(C)[SiH](C)c1ccccc1. The van der Waals surface area contributed by atoms with Gasteiger partial charge in [-0.05, 0) is 16.9 Å². The van der Waals surface area contributed by atoms with Crippen LogP contribution >= 0.6 is 0 Å². The van der Waals surface area contributed by atoms with Gasteiger partial charge in [0.05, 0.1) is 8.80 Å². The standard InChI is InChI=1S/C20H29Si/c1-16(17-12-10-11-13-17)19(2,3)20(4,5)21(6)18-14-8-7-9-15-18/h7-12,14-15,21H,13H2,1-6H3. The number of rotatable bonds is 5. The normalized spacial score (nSPS) is 17.2. The summed E-state index contributed by atoms with van der Waals surface area (Å²) in [6.45, 7) is 14.7. The van der Waals surface area contributed by atoms with Gasteiger partial charge >= 0.3 is 0 Å². The van der Waals surface area contributed by atoms with E-state index in [1.807, 2.05) is 0 Å². The maximum Gasteiger partial charge on any atom is 0.0739 e. The van der Waals surface area contributed by atoms with E-state index >= 15 is 0 Å². The fraction of sp³-hybridized carbons (Fsp3) is 0.450. The van der Waals surface area contributed by atoms with Gasteiger partial charge in [0, 0.05) is 5.92 Å². The molecule has 0 fully saturated rings. The molecule has 1 aliphatic rings. The molecule has 21 heavy (non-hydrogen) atoms. The summed E-state index contributed by atoms with van der Waals surface area (Å²) in [6.07, 6.45) is 7.86. The second kappa shape index (κ2) is 5.96. The van der Waals surface area contributed by atoms with Crippen molar-refractivity contribution in [1.29, 1.82) is 0 Å². The first-order valence-electron chi connectivity index (χ1n) is 8.03. The molecule has 1 heteroatoms. The summed E-state index contributed by atoms with van der Waals surface area (Å²) in [5.74, 6) is 1.56. The fourth-order valence-electron chi connectivity index (χ4n) is 3.31. The fourth-order valence-corrected chi connectivity index (χ4v) is 6.24. The van der Waals surface area contributed by atoms with Crippen molar-refractivity contribution in [2.24, 2.45) is 5.41 Å². The molecule has 0 N–H and O–H groups in total. The molecule has 113 valence electrons. The molecule has 1 radical (unpaired) electrons. The Labute approximate surface area is 132 Å². The summed E-state index contributed by atoms with van der Waals surface area (Å²) < 4.78 is 0. The van der Waals surface area contributed by atoms with E-state index in [0.717, 1.165) is 6.42 Å². The highest BCUT2D eigenvalue weighted by Gasteiger charge is 2.46. The molecule has 0 saturated carbocycles. The quantitative estimate of drug-likeness (QED) is 0.668. The minimum atomic E-state index is -1.06. The monoisotopic (exact) mass is 297 g/mol. The van der Waals surface area contributed by atoms with E-state index in [1.54, 1.807) is 11.1 Å². The highest BCUT2D eigenvalue weighted by Crippen LogP contribution is 2.55. The second-order valence-electron chi connectivity index (χ2n) is 7.43. The molecule has 0 aromatic heterocycles. The van der Waals surface area contributed by atoms with Gasteiger partial charge in [0.2, 0.25) is 0 Å². The predicted molar refractivity (Wildman–Crippen MR) is 97.7 cm³/mol. The van der Waals surface area contributed by atoms with Crippen molar-refractivity contribution in [2.45, 2.75) is 52.6 Å². The van der Waals surface area contributed by atoms with Crippen LogP contribution in [0.1, 0.15) is 41.0 Å². The van der Waals surface area contributed by atoms with Crippen LogP contribution in [0.3, 0.4) is 0 Å². The van der Waals surface area contributed by atoms with Crippen LogP contribution in [0.25, 0.3) is 0 Å². The molecule has 1 aromatic carbocycles. The van der Waals surface area contributed by atoms with Crippen molar-refractivity contribution < 1.29 is 0 Å². The summed E-state index contributed by atoms with van der Waals surface area (Å²) >= 11 is 0. The van der Waals surface area contributed by atoms with Gasteiger partial charge in [-0.3, -0.25) is 0 Å². The zero-order valence-electron chi connectivity index (χ0n) is 14.4. The lowest BCUT2D eigenvalue weighted by molar-refractivity contribution is 0.287. The van der Waals surface area contributed by atoms with Gasteiger partial charge in [-0.2, -0.15) is 0 Å². The van der Waals surface area contributed by atoms with E-state index in [1.165, 1.54) is 5.57 Å². The highest BCUT2D eigenvalue weighted by atomic mass is 28.3. The van der Waals surface area contributed by atoms with Crippen LogP contribution in [0.2, 0.25) is 11.6 Å². The molecule has 0 nitrogen and oxygen atoms in total. The molecule has 0 saturated heterocycles. The van der Waals surface area contributed by atoms with Crippen molar-refractivity contribution in [3.05, 3.63) is 60.1 Å². The number of hydrogen-bond donors (Lipinski definition) is 0. The Kier molecular flexibility index (Phi) is 4.62. The first-order valence-corrected chi connectivity index (χ1v) is 10.3. The average Bonchev–Trinajstić information content (AvgIpc) is 3.00. The molecule has 2 rings (SSSR count). The van der Waals surface area contributed by atoms with E-state index in [9.17, 15) is 0 Å². The summed E-state index contributed by atoms with van der Waals surface area (Å²) in [5, 5.41) is 1.89. The van der Waals surface area contributed by atoms with Gasteiger partial charge in [0.15, 0.2) is 0 Å². The molecule has 0 heterocycles. The second-order valence-corrected chi connectivity index (χ2v) is 11.0. The highest BCUT2D eigenvalue weighted by molar-refractivity contribution is 6.75. The van der Waals surface area contributed by atoms with Gasteiger partial charge in [-0.25, -0.2) is 0 Å². The lowest BCUT2D eigenvalue weighted by Gasteiger charge is -2.49. The largest absolute Gasteiger partial charge is 0.0804 e. The first kappa shape index (κ1) is 16.3. The van der Waals surface area contributed by atoms with Crippen molar-refractivity contribution in [3.8, 4) is 0 Å². The Balaban J connectivity index is 2.28. The minimum absolute atomic E-state index is 0.215. The van der Waals surface area contributed by atoms with Gasteiger partial charge < -0.3 is 0 Å². The Morgan fingerprint density at radius 3 is 2.19 bits per heavy atom. The lowest BCUT2D eigenvalue weighted by atomic mass is 9.67. The van der Waals surface area contributed by atoms with E-state index in [0.29, 0.717) is 5.04 Å². The third kappa shape index (κ3) is 2.94. The number of allylic oxidation sites excluding steroid dienone is 4. The zero-order valence-corrected chi connectivity index (χ0v) is 15.6. The maximum atomic E-state index is 2.51. The summed E-state index contributed by atoms with van der Waals surface area (Å²) in [5.41, 5.74) is 1.73. The van der Waals surface area contributed by atoms with Gasteiger partial charge in [-0.15, -0.1) is 0 Å². The molecule has 1 aliphatic carbocycles. The molecule has 0 bridgehead atoms. The van der Waals surface area contributed by atoms with E-state index in [4.69, 9.17) is 0 Å². The Morgan fingerprint density at radius 1 is 1.05 bits per heavy atom. The topological polar surface area (TPSA) is 0 Å². The predicted octanol–water partition coefficient (Wildman–Crippen LogP) is 5.04. The van der Waals surface area contributed by atoms with E-state index in [-0.39, 0.29) is 5.41 Å². The van der Waals surface area contributed by atoms with Crippen LogP contribution in [0, 0.1) is 11.3 Å². The van der Waals surface area contributed by atoms with Crippen LogP contribution < -0.4 is 5.19 Å². The van der Waals surface area contributed by atoms with Gasteiger partial charge in [0.25, 0.3) is 0 Å². The van der Waals surface area contributed by atoms with Crippen LogP contribution in [0.5, 0.6) is 0 Å². The summed E-state index contributed by atoms with van der Waals surface area (Å²) in [6, 6.07) is 11.1. The van der Waals surface area contributed by atoms with Crippen molar-refractivity contribution in [3.63, 3.8) is 0 Å². The Morgan fingerprint density at radius 2 is 1.67 bits per heavy atom. The molecule has 0 amide bonds. The molecule has 0 aliphatic heterocycles. The van der Waals surface area contributed by atoms with Crippen LogP contribution in [0.4, 0.5) is 0 Å². The van der Waals surface area contributed by atoms with Crippen molar-refractivity contribution >= 4 is 14.0 Å². The molecule has 1 atom stereocenters. The average molecular weight is 298 g/mol. The van der Waals surface area contributed by atoms with Crippen molar-refractivity contribution in [1.82, 2.24) is 0 Å². The van der Waals surface area contributed by atoms with E-state index < -0.39 is 8.80 Å². The maximum absolute atomic E-state index is 2.51. The Bertz CT molecular complexity index is 534. The van der Waals surface area contributed by atoms with E-state index in [2.05, 4.69) is 89.7 Å². The van der Waals surface area contributed by atoms with Crippen LogP contribution in [-0.2, 0) is 0 Å². The molecule has 1 aromatic rings. The molecule has 1 unspecified atom stereocenters. The van der Waals surface area contributed by atoms with Gasteiger partial charge in [-0.1, -0.05) is 100 Å². The minimum Gasteiger partial charge on any atom is -0.0804 e. The van der Waals surface area contributed by atoms with Crippen molar-refractivity contribution in [2.75, 3.05) is 0 Å². The number of benzene rings is 1.